The molecule has 1 fully saturated rings. The molecule has 4 heteroatoms. The molecule has 0 atom stereocenters. The van der Waals surface area contributed by atoms with E-state index in [0.717, 1.165) is 18.5 Å². The van der Waals surface area contributed by atoms with Gasteiger partial charge in [0.2, 0.25) is 0 Å². The van der Waals surface area contributed by atoms with Crippen LogP contribution in [-0.2, 0) is 6.54 Å². The number of hydrogen-bond donors (Lipinski definition) is 1. The summed E-state index contributed by atoms with van der Waals surface area (Å²) in [5.41, 5.74) is 8.75. The lowest BCUT2D eigenvalue weighted by molar-refractivity contribution is 0.684. The normalized spacial score (nSPS) is 14.1. The van der Waals surface area contributed by atoms with Crippen LogP contribution in [0.5, 0.6) is 0 Å². The van der Waals surface area contributed by atoms with E-state index in [1.807, 2.05) is 18.2 Å². The van der Waals surface area contributed by atoms with Crippen LogP contribution in [0.1, 0.15) is 35.6 Å². The second-order valence-corrected chi connectivity index (χ2v) is 5.83. The van der Waals surface area contributed by atoms with E-state index in [-0.39, 0.29) is 0 Å². The van der Waals surface area contributed by atoms with Crippen LogP contribution in [0.3, 0.4) is 0 Å². The van der Waals surface area contributed by atoms with Crippen LogP contribution in [0.25, 0.3) is 10.8 Å². The topological polar surface area (TPSA) is 67.6 Å². The summed E-state index contributed by atoms with van der Waals surface area (Å²) < 4.78 is 1.77. The molecule has 0 bridgehead atoms. The van der Waals surface area contributed by atoms with E-state index in [9.17, 15) is 5.26 Å². The minimum Gasteiger partial charge on any atom is -0.383 e. The molecule has 0 saturated heterocycles. The molecule has 1 aromatic heterocycles. The summed E-state index contributed by atoms with van der Waals surface area (Å²) in [6.45, 7) is 0.592. The zero-order valence-electron chi connectivity index (χ0n) is 12.2. The highest BCUT2D eigenvalue weighted by atomic mass is 15.3. The maximum atomic E-state index is 9.34. The number of nitrogens with zero attached hydrogens (tertiary/aromatic N) is 3. The number of rotatable bonds is 3. The molecule has 2 N–H and O–H groups in total. The molecule has 0 aliphatic heterocycles. The van der Waals surface area contributed by atoms with Crippen LogP contribution in [0, 0.1) is 11.3 Å². The number of benzene rings is 2. The van der Waals surface area contributed by atoms with E-state index >= 15 is 0 Å². The molecule has 0 spiro atoms. The van der Waals surface area contributed by atoms with Gasteiger partial charge in [-0.2, -0.15) is 10.4 Å². The number of nitrogens with two attached hydrogens (primary N) is 1. The quantitative estimate of drug-likeness (QED) is 0.803. The van der Waals surface area contributed by atoms with Crippen LogP contribution in [0.15, 0.2) is 42.5 Å². The molecule has 3 aromatic rings. The van der Waals surface area contributed by atoms with Crippen LogP contribution < -0.4 is 5.73 Å². The molecular formula is C18H16N4. The van der Waals surface area contributed by atoms with Crippen LogP contribution in [0.2, 0.25) is 0 Å². The Morgan fingerprint density at radius 2 is 1.95 bits per heavy atom. The van der Waals surface area contributed by atoms with Gasteiger partial charge in [-0.1, -0.05) is 42.5 Å². The fraction of sp³-hybridized carbons (Fsp3) is 0.222. The lowest BCUT2D eigenvalue weighted by atomic mass is 10.0. The lowest BCUT2D eigenvalue weighted by Gasteiger charge is -2.08. The van der Waals surface area contributed by atoms with Gasteiger partial charge in [0.1, 0.15) is 17.5 Å². The predicted molar refractivity (Wildman–Crippen MR) is 86.4 cm³/mol. The van der Waals surface area contributed by atoms with Gasteiger partial charge in [0.25, 0.3) is 0 Å². The van der Waals surface area contributed by atoms with Crippen LogP contribution in [-0.4, -0.2) is 9.78 Å². The third-order valence-electron chi connectivity index (χ3n) is 4.29. The SMILES string of the molecule is N#Cc1c(C2CC2)nn(Cc2cccc3ccccc23)c1N. The van der Waals surface area contributed by atoms with Gasteiger partial charge >= 0.3 is 0 Å². The molecule has 1 aliphatic carbocycles. The average molecular weight is 288 g/mol. The van der Waals surface area contributed by atoms with E-state index in [0.29, 0.717) is 23.8 Å². The number of nitriles is 1. The molecule has 4 nitrogen and oxygen atoms in total. The summed E-state index contributed by atoms with van der Waals surface area (Å²) in [5.74, 6) is 0.906. The Hall–Kier alpha value is -2.80. The molecule has 22 heavy (non-hydrogen) atoms. The van der Waals surface area contributed by atoms with Crippen molar-refractivity contribution < 1.29 is 0 Å². The summed E-state index contributed by atoms with van der Waals surface area (Å²) in [7, 11) is 0. The van der Waals surface area contributed by atoms with Crippen LogP contribution in [0.4, 0.5) is 5.82 Å². The molecular weight excluding hydrogens is 272 g/mol. The van der Waals surface area contributed by atoms with Gasteiger partial charge in [0.05, 0.1) is 12.2 Å². The fourth-order valence-corrected chi connectivity index (χ4v) is 2.96. The summed E-state index contributed by atoms with van der Waals surface area (Å²) in [6.07, 6.45) is 2.22. The standard InChI is InChI=1S/C18H16N4/c19-10-16-17(13-8-9-13)21-22(18(16)20)11-14-6-3-5-12-4-1-2-7-15(12)14/h1-7,13H,8-9,11,20H2. The fourth-order valence-electron chi connectivity index (χ4n) is 2.96. The first-order valence-corrected chi connectivity index (χ1v) is 7.51. The maximum Gasteiger partial charge on any atom is 0.140 e. The number of anilines is 1. The zero-order chi connectivity index (χ0) is 15.1. The van der Waals surface area contributed by atoms with Gasteiger partial charge in [-0.3, -0.25) is 0 Å². The van der Waals surface area contributed by atoms with Crippen molar-refractivity contribution in [2.75, 3.05) is 5.73 Å². The van der Waals surface area contributed by atoms with Crippen molar-refractivity contribution in [2.24, 2.45) is 0 Å². The Labute approximate surface area is 128 Å². The number of hydrogen-bond acceptors (Lipinski definition) is 3. The van der Waals surface area contributed by atoms with Gasteiger partial charge in [-0.15, -0.1) is 0 Å². The highest BCUT2D eigenvalue weighted by Gasteiger charge is 2.31. The third-order valence-corrected chi connectivity index (χ3v) is 4.29. The molecule has 1 saturated carbocycles. The number of aromatic nitrogens is 2. The van der Waals surface area contributed by atoms with E-state index in [1.165, 1.54) is 16.3 Å². The zero-order valence-corrected chi connectivity index (χ0v) is 12.2. The number of nitrogen functional groups attached to an aromatic ring is 1. The first-order valence-electron chi connectivity index (χ1n) is 7.51. The van der Waals surface area contributed by atoms with Gasteiger partial charge in [-0.05, 0) is 29.2 Å². The predicted octanol–water partition coefficient (Wildman–Crippen LogP) is 3.42. The Morgan fingerprint density at radius 3 is 2.73 bits per heavy atom. The van der Waals surface area contributed by atoms with Crippen molar-refractivity contribution in [3.05, 3.63) is 59.3 Å². The molecule has 1 heterocycles. The van der Waals surface area contributed by atoms with Crippen molar-refractivity contribution in [2.45, 2.75) is 25.3 Å². The average Bonchev–Trinajstić information content (AvgIpc) is 3.34. The maximum absolute atomic E-state index is 9.34. The van der Waals surface area contributed by atoms with Crippen molar-refractivity contribution in [3.8, 4) is 6.07 Å². The highest BCUT2D eigenvalue weighted by molar-refractivity contribution is 5.85. The molecule has 108 valence electrons. The summed E-state index contributed by atoms with van der Waals surface area (Å²) in [6, 6.07) is 16.7. The van der Waals surface area contributed by atoms with E-state index in [2.05, 4.69) is 35.4 Å². The van der Waals surface area contributed by atoms with Gasteiger partial charge in [0, 0.05) is 5.92 Å². The van der Waals surface area contributed by atoms with E-state index < -0.39 is 0 Å². The Morgan fingerprint density at radius 1 is 1.18 bits per heavy atom. The van der Waals surface area contributed by atoms with Crippen molar-refractivity contribution in [1.29, 1.82) is 5.26 Å². The van der Waals surface area contributed by atoms with Gasteiger partial charge < -0.3 is 5.73 Å². The molecule has 0 amide bonds. The van der Waals surface area contributed by atoms with Gasteiger partial charge in [0.15, 0.2) is 0 Å². The summed E-state index contributed by atoms with van der Waals surface area (Å²) >= 11 is 0. The monoisotopic (exact) mass is 288 g/mol. The first kappa shape index (κ1) is 12.9. The van der Waals surface area contributed by atoms with Crippen LogP contribution >= 0.6 is 0 Å². The Balaban J connectivity index is 1.79. The summed E-state index contributed by atoms with van der Waals surface area (Å²) in [4.78, 5) is 0. The smallest absolute Gasteiger partial charge is 0.140 e. The first-order chi connectivity index (χ1) is 10.8. The van der Waals surface area contributed by atoms with E-state index in [1.54, 1.807) is 4.68 Å². The Bertz CT molecular complexity index is 892. The third kappa shape index (κ3) is 2.03. The highest BCUT2D eigenvalue weighted by Crippen LogP contribution is 2.42. The Kier molecular flexibility index (Phi) is 2.87. The molecule has 4 rings (SSSR count). The lowest BCUT2D eigenvalue weighted by Crippen LogP contribution is -2.06. The second kappa shape index (κ2) is 4.88. The molecule has 2 aromatic carbocycles. The van der Waals surface area contributed by atoms with Crippen molar-refractivity contribution >= 4 is 16.6 Å². The summed E-state index contributed by atoms with van der Waals surface area (Å²) in [5, 5.41) is 16.4. The van der Waals surface area contributed by atoms with Crippen molar-refractivity contribution in [1.82, 2.24) is 9.78 Å². The molecule has 0 radical (unpaired) electrons. The molecule has 1 aliphatic rings. The van der Waals surface area contributed by atoms with Crippen molar-refractivity contribution in [3.63, 3.8) is 0 Å². The molecule has 0 unspecified atom stereocenters. The van der Waals surface area contributed by atoms with Gasteiger partial charge in [-0.25, -0.2) is 4.68 Å². The minimum atomic E-state index is 0.422. The second-order valence-electron chi connectivity index (χ2n) is 5.83. The van der Waals surface area contributed by atoms with E-state index in [4.69, 9.17) is 5.73 Å². The number of fused-ring (bicyclic) bond motifs is 1. The largest absolute Gasteiger partial charge is 0.383 e. The minimum absolute atomic E-state index is 0.422.